The van der Waals surface area contributed by atoms with Crippen LogP contribution in [0.1, 0.15) is 45.4 Å². The van der Waals surface area contributed by atoms with E-state index in [0.717, 1.165) is 24.9 Å². The number of hydrogen-bond acceptors (Lipinski definition) is 2. The molecule has 2 fully saturated rings. The third-order valence-electron chi connectivity index (χ3n) is 4.27. The Morgan fingerprint density at radius 3 is 2.38 bits per heavy atom. The minimum Gasteiger partial charge on any atom is -0.341 e. The number of amides is 1. The van der Waals surface area contributed by atoms with Crippen molar-refractivity contribution in [3.05, 3.63) is 0 Å². The summed E-state index contributed by atoms with van der Waals surface area (Å²) in [5.74, 6) is 1.94. The zero-order chi connectivity index (χ0) is 11.5. The Hall–Kier alpha value is -0.570. The molecule has 16 heavy (non-hydrogen) atoms. The lowest BCUT2D eigenvalue weighted by Gasteiger charge is -2.30. The standard InChI is InChI=1S/C13H24N2O/c1-2-10-3-5-11(6-4-10)8-15-9-12(14)7-13(15)16/h10-12H,2-9,14H2,1H3. The van der Waals surface area contributed by atoms with Crippen molar-refractivity contribution in [2.75, 3.05) is 13.1 Å². The molecule has 3 heteroatoms. The number of nitrogens with two attached hydrogens (primary N) is 1. The maximum Gasteiger partial charge on any atom is 0.224 e. The van der Waals surface area contributed by atoms with Crippen LogP contribution in [0.5, 0.6) is 0 Å². The van der Waals surface area contributed by atoms with Crippen molar-refractivity contribution in [1.82, 2.24) is 4.90 Å². The number of nitrogens with zero attached hydrogens (tertiary/aromatic N) is 1. The van der Waals surface area contributed by atoms with Gasteiger partial charge in [0, 0.05) is 25.6 Å². The van der Waals surface area contributed by atoms with Crippen molar-refractivity contribution in [3.63, 3.8) is 0 Å². The molecule has 1 atom stereocenters. The van der Waals surface area contributed by atoms with E-state index >= 15 is 0 Å². The fraction of sp³-hybridized carbons (Fsp3) is 0.923. The first-order chi connectivity index (χ1) is 7.69. The van der Waals surface area contributed by atoms with Gasteiger partial charge in [-0.1, -0.05) is 26.2 Å². The largest absolute Gasteiger partial charge is 0.341 e. The van der Waals surface area contributed by atoms with Gasteiger partial charge >= 0.3 is 0 Å². The van der Waals surface area contributed by atoms with E-state index in [-0.39, 0.29) is 11.9 Å². The van der Waals surface area contributed by atoms with Crippen LogP contribution in [0.15, 0.2) is 0 Å². The predicted octanol–water partition coefficient (Wildman–Crippen LogP) is 1.76. The van der Waals surface area contributed by atoms with E-state index in [0.29, 0.717) is 6.42 Å². The molecular weight excluding hydrogens is 200 g/mol. The van der Waals surface area contributed by atoms with Gasteiger partial charge in [-0.05, 0) is 24.7 Å². The lowest BCUT2D eigenvalue weighted by molar-refractivity contribution is -0.128. The summed E-state index contributed by atoms with van der Waals surface area (Å²) in [7, 11) is 0. The highest BCUT2D eigenvalue weighted by molar-refractivity contribution is 5.79. The number of hydrogen-bond donors (Lipinski definition) is 1. The molecule has 92 valence electrons. The van der Waals surface area contributed by atoms with Crippen LogP contribution in [0.25, 0.3) is 0 Å². The molecule has 1 unspecified atom stereocenters. The molecule has 1 saturated carbocycles. The summed E-state index contributed by atoms with van der Waals surface area (Å²) >= 11 is 0. The zero-order valence-corrected chi connectivity index (χ0v) is 10.3. The summed E-state index contributed by atoms with van der Waals surface area (Å²) in [6.45, 7) is 4.03. The van der Waals surface area contributed by atoms with E-state index in [2.05, 4.69) is 6.92 Å². The Kier molecular flexibility index (Phi) is 3.85. The third kappa shape index (κ3) is 2.76. The Labute approximate surface area is 98.4 Å². The molecule has 0 aromatic carbocycles. The molecule has 2 aliphatic rings. The topological polar surface area (TPSA) is 46.3 Å². The molecule has 0 bridgehead atoms. The molecule has 3 nitrogen and oxygen atoms in total. The highest BCUT2D eigenvalue weighted by Gasteiger charge is 2.30. The van der Waals surface area contributed by atoms with Gasteiger partial charge in [-0.15, -0.1) is 0 Å². The van der Waals surface area contributed by atoms with Crippen molar-refractivity contribution in [2.24, 2.45) is 17.6 Å². The van der Waals surface area contributed by atoms with E-state index in [1.54, 1.807) is 0 Å². The monoisotopic (exact) mass is 224 g/mol. The molecule has 1 heterocycles. The molecule has 1 aliphatic heterocycles. The molecule has 2 rings (SSSR count). The van der Waals surface area contributed by atoms with Gasteiger partial charge in [0.25, 0.3) is 0 Å². The van der Waals surface area contributed by atoms with E-state index in [9.17, 15) is 4.79 Å². The van der Waals surface area contributed by atoms with Crippen molar-refractivity contribution in [3.8, 4) is 0 Å². The highest BCUT2D eigenvalue weighted by atomic mass is 16.2. The van der Waals surface area contributed by atoms with Crippen LogP contribution in [0.4, 0.5) is 0 Å². The molecular formula is C13H24N2O. The van der Waals surface area contributed by atoms with E-state index in [1.165, 1.54) is 32.1 Å². The molecule has 0 aromatic heterocycles. The second-order valence-electron chi connectivity index (χ2n) is 5.56. The van der Waals surface area contributed by atoms with Crippen molar-refractivity contribution < 1.29 is 4.79 Å². The first kappa shape index (κ1) is 11.9. The molecule has 2 N–H and O–H groups in total. The molecule has 0 aromatic rings. The Balaban J connectivity index is 1.76. The van der Waals surface area contributed by atoms with Gasteiger partial charge in [0.1, 0.15) is 0 Å². The van der Waals surface area contributed by atoms with Gasteiger partial charge in [-0.3, -0.25) is 4.79 Å². The summed E-state index contributed by atoms with van der Waals surface area (Å²) < 4.78 is 0. The van der Waals surface area contributed by atoms with Crippen LogP contribution in [0, 0.1) is 11.8 Å². The smallest absolute Gasteiger partial charge is 0.224 e. The van der Waals surface area contributed by atoms with Gasteiger partial charge in [-0.25, -0.2) is 0 Å². The fourth-order valence-corrected chi connectivity index (χ4v) is 3.11. The van der Waals surface area contributed by atoms with Gasteiger partial charge in [0.05, 0.1) is 0 Å². The third-order valence-corrected chi connectivity index (χ3v) is 4.27. The highest BCUT2D eigenvalue weighted by Crippen LogP contribution is 2.31. The second-order valence-corrected chi connectivity index (χ2v) is 5.56. The van der Waals surface area contributed by atoms with E-state index in [4.69, 9.17) is 5.73 Å². The molecule has 1 aliphatic carbocycles. The quantitative estimate of drug-likeness (QED) is 0.794. The minimum absolute atomic E-state index is 0.0829. The first-order valence-electron chi connectivity index (χ1n) is 6.72. The molecule has 1 saturated heterocycles. The van der Waals surface area contributed by atoms with E-state index < -0.39 is 0 Å². The van der Waals surface area contributed by atoms with Crippen molar-refractivity contribution in [2.45, 2.75) is 51.5 Å². The molecule has 0 spiro atoms. The van der Waals surface area contributed by atoms with Gasteiger partial charge in [-0.2, -0.15) is 0 Å². The van der Waals surface area contributed by atoms with Crippen LogP contribution in [0.3, 0.4) is 0 Å². The lowest BCUT2D eigenvalue weighted by Crippen LogP contribution is -2.34. The minimum atomic E-state index is 0.0829. The molecule has 1 amide bonds. The van der Waals surface area contributed by atoms with Crippen LogP contribution in [-0.2, 0) is 4.79 Å². The van der Waals surface area contributed by atoms with E-state index in [1.807, 2.05) is 4.90 Å². The number of rotatable bonds is 3. The predicted molar refractivity (Wildman–Crippen MR) is 64.9 cm³/mol. The Morgan fingerprint density at radius 2 is 1.88 bits per heavy atom. The zero-order valence-electron chi connectivity index (χ0n) is 10.3. The summed E-state index contributed by atoms with van der Waals surface area (Å²) in [5, 5.41) is 0. The maximum absolute atomic E-state index is 11.6. The van der Waals surface area contributed by atoms with Crippen LogP contribution in [0.2, 0.25) is 0 Å². The van der Waals surface area contributed by atoms with Crippen molar-refractivity contribution in [1.29, 1.82) is 0 Å². The fourth-order valence-electron chi connectivity index (χ4n) is 3.11. The summed E-state index contributed by atoms with van der Waals surface area (Å²) in [6.07, 6.45) is 7.20. The normalized spacial score (nSPS) is 35.8. The SMILES string of the molecule is CCC1CCC(CN2CC(N)CC2=O)CC1. The number of carbonyl (C=O) groups is 1. The summed E-state index contributed by atoms with van der Waals surface area (Å²) in [5.41, 5.74) is 5.80. The number of carbonyl (C=O) groups excluding carboxylic acids is 1. The summed E-state index contributed by atoms with van der Waals surface area (Å²) in [4.78, 5) is 13.6. The lowest BCUT2D eigenvalue weighted by atomic mass is 9.81. The average molecular weight is 224 g/mol. The first-order valence-corrected chi connectivity index (χ1v) is 6.72. The number of likely N-dealkylation sites (tertiary alicyclic amines) is 1. The Morgan fingerprint density at radius 1 is 1.25 bits per heavy atom. The average Bonchev–Trinajstić information content (AvgIpc) is 2.59. The van der Waals surface area contributed by atoms with Crippen LogP contribution < -0.4 is 5.73 Å². The van der Waals surface area contributed by atoms with Gasteiger partial charge < -0.3 is 10.6 Å². The molecule has 0 radical (unpaired) electrons. The van der Waals surface area contributed by atoms with Gasteiger partial charge in [0.15, 0.2) is 0 Å². The van der Waals surface area contributed by atoms with Crippen molar-refractivity contribution >= 4 is 5.91 Å². The van der Waals surface area contributed by atoms with Crippen LogP contribution >= 0.6 is 0 Å². The van der Waals surface area contributed by atoms with Crippen LogP contribution in [-0.4, -0.2) is 29.9 Å². The second kappa shape index (κ2) is 5.17. The maximum atomic E-state index is 11.6. The summed E-state index contributed by atoms with van der Waals surface area (Å²) in [6, 6.07) is 0.0829. The Bertz CT molecular complexity index is 246. The van der Waals surface area contributed by atoms with Gasteiger partial charge in [0.2, 0.25) is 5.91 Å².